The molecule has 0 heterocycles. The Bertz CT molecular complexity index is 827. The lowest BCUT2D eigenvalue weighted by Gasteiger charge is -2.15. The number of hydrogen-bond acceptors (Lipinski definition) is 2. The zero-order chi connectivity index (χ0) is 20.2. The molecule has 0 bridgehead atoms. The van der Waals surface area contributed by atoms with Gasteiger partial charge in [-0.15, -0.1) is 0 Å². The SMILES string of the molecule is FC(F)(F)c1cccc(Oc2ccc(OCC=C(Br)Br)c(C(F)(F)F)c2)c1. The van der Waals surface area contributed by atoms with Crippen LogP contribution in [-0.2, 0) is 12.4 Å². The van der Waals surface area contributed by atoms with Gasteiger partial charge in [0.2, 0.25) is 0 Å². The Balaban J connectivity index is 2.30. The molecule has 0 spiro atoms. The first-order chi connectivity index (χ1) is 12.5. The highest BCUT2D eigenvalue weighted by Crippen LogP contribution is 2.40. The Labute approximate surface area is 167 Å². The Kier molecular flexibility index (Phi) is 6.85. The molecule has 0 amide bonds. The van der Waals surface area contributed by atoms with E-state index in [2.05, 4.69) is 31.9 Å². The summed E-state index contributed by atoms with van der Waals surface area (Å²) in [4.78, 5) is 0. The number of alkyl halides is 6. The topological polar surface area (TPSA) is 18.5 Å². The molecule has 0 saturated carbocycles. The molecule has 0 N–H and O–H groups in total. The molecule has 0 radical (unpaired) electrons. The van der Waals surface area contributed by atoms with E-state index in [0.29, 0.717) is 15.5 Å². The minimum Gasteiger partial charge on any atom is -0.489 e. The van der Waals surface area contributed by atoms with Gasteiger partial charge in [-0.3, -0.25) is 0 Å². The normalized spacial score (nSPS) is 11.9. The maximum absolute atomic E-state index is 13.3. The molecule has 27 heavy (non-hydrogen) atoms. The van der Waals surface area contributed by atoms with Gasteiger partial charge in [-0.25, -0.2) is 0 Å². The van der Waals surface area contributed by atoms with Gasteiger partial charge in [0, 0.05) is 0 Å². The second kappa shape index (κ2) is 8.55. The van der Waals surface area contributed by atoms with E-state index in [4.69, 9.17) is 9.47 Å². The molecule has 2 aromatic rings. The van der Waals surface area contributed by atoms with Crippen molar-refractivity contribution in [1.82, 2.24) is 0 Å². The minimum atomic E-state index is -4.74. The maximum Gasteiger partial charge on any atom is 0.420 e. The third-order valence-electron chi connectivity index (χ3n) is 3.13. The third kappa shape index (κ3) is 6.46. The Morgan fingerprint density at radius 1 is 0.889 bits per heavy atom. The molecule has 0 aliphatic heterocycles. The zero-order valence-electron chi connectivity index (χ0n) is 13.2. The summed E-state index contributed by atoms with van der Waals surface area (Å²) < 4.78 is 88.7. The highest BCUT2D eigenvalue weighted by molar-refractivity contribution is 9.28. The molecule has 0 aliphatic carbocycles. The molecule has 2 nitrogen and oxygen atoms in total. The van der Waals surface area contributed by atoms with Gasteiger partial charge in [-0.1, -0.05) is 6.07 Å². The van der Waals surface area contributed by atoms with E-state index < -0.39 is 29.2 Å². The average molecular weight is 520 g/mol. The van der Waals surface area contributed by atoms with Gasteiger partial charge < -0.3 is 9.47 Å². The largest absolute Gasteiger partial charge is 0.489 e. The predicted molar refractivity (Wildman–Crippen MR) is 94.4 cm³/mol. The summed E-state index contributed by atoms with van der Waals surface area (Å²) in [6.07, 6.45) is -7.88. The Hall–Kier alpha value is -1.68. The van der Waals surface area contributed by atoms with Crippen molar-refractivity contribution in [3.05, 3.63) is 63.1 Å². The smallest absolute Gasteiger partial charge is 0.420 e. The second-order valence-electron chi connectivity index (χ2n) is 5.09. The highest BCUT2D eigenvalue weighted by Gasteiger charge is 2.35. The van der Waals surface area contributed by atoms with Gasteiger partial charge in [-0.05, 0) is 74.3 Å². The van der Waals surface area contributed by atoms with Crippen molar-refractivity contribution in [2.24, 2.45) is 0 Å². The van der Waals surface area contributed by atoms with Crippen molar-refractivity contribution in [2.75, 3.05) is 6.61 Å². The van der Waals surface area contributed by atoms with Crippen LogP contribution in [0.25, 0.3) is 0 Å². The maximum atomic E-state index is 13.3. The van der Waals surface area contributed by atoms with Crippen LogP contribution in [0.1, 0.15) is 11.1 Å². The fourth-order valence-corrected chi connectivity index (χ4v) is 2.25. The number of rotatable bonds is 5. The summed E-state index contributed by atoms with van der Waals surface area (Å²) in [5.41, 5.74) is -2.07. The van der Waals surface area contributed by atoms with Gasteiger partial charge in [0.25, 0.3) is 0 Å². The Morgan fingerprint density at radius 3 is 2.15 bits per heavy atom. The van der Waals surface area contributed by atoms with E-state index >= 15 is 0 Å². The molecular weight excluding hydrogens is 510 g/mol. The van der Waals surface area contributed by atoms with E-state index in [1.807, 2.05) is 0 Å². The fraction of sp³-hybridized carbons (Fsp3) is 0.176. The summed E-state index contributed by atoms with van der Waals surface area (Å²) in [5.74, 6) is -0.944. The zero-order valence-corrected chi connectivity index (χ0v) is 16.3. The van der Waals surface area contributed by atoms with Crippen LogP contribution in [0.2, 0.25) is 0 Å². The first-order valence-corrected chi connectivity index (χ1v) is 8.76. The van der Waals surface area contributed by atoms with Crippen LogP contribution in [0.5, 0.6) is 17.2 Å². The van der Waals surface area contributed by atoms with Crippen molar-refractivity contribution in [3.8, 4) is 17.2 Å². The monoisotopic (exact) mass is 518 g/mol. The number of benzene rings is 2. The molecule has 0 unspecified atom stereocenters. The molecule has 2 rings (SSSR count). The third-order valence-corrected chi connectivity index (χ3v) is 3.78. The van der Waals surface area contributed by atoms with Crippen molar-refractivity contribution >= 4 is 31.9 Å². The van der Waals surface area contributed by atoms with Crippen molar-refractivity contribution < 1.29 is 35.8 Å². The van der Waals surface area contributed by atoms with Crippen LogP contribution in [0.15, 0.2) is 51.9 Å². The van der Waals surface area contributed by atoms with Crippen molar-refractivity contribution in [3.63, 3.8) is 0 Å². The summed E-state index contributed by atoms with van der Waals surface area (Å²) in [6.45, 7) is -0.136. The highest BCUT2D eigenvalue weighted by atomic mass is 79.9. The van der Waals surface area contributed by atoms with Crippen LogP contribution in [0.3, 0.4) is 0 Å². The van der Waals surface area contributed by atoms with Gasteiger partial charge >= 0.3 is 12.4 Å². The lowest BCUT2D eigenvalue weighted by molar-refractivity contribution is -0.139. The molecule has 0 aromatic heterocycles. The second-order valence-corrected chi connectivity index (χ2v) is 7.86. The predicted octanol–water partition coefficient (Wildman–Crippen LogP) is 7.53. The van der Waals surface area contributed by atoms with Crippen LogP contribution in [-0.4, -0.2) is 6.61 Å². The molecular formula is C17H10Br2F6O2. The van der Waals surface area contributed by atoms with E-state index in [0.717, 1.165) is 18.2 Å². The lowest BCUT2D eigenvalue weighted by Crippen LogP contribution is -2.09. The average Bonchev–Trinajstić information content (AvgIpc) is 2.54. The molecule has 0 atom stereocenters. The van der Waals surface area contributed by atoms with Crippen LogP contribution >= 0.6 is 31.9 Å². The quantitative estimate of drug-likeness (QED) is 0.380. The lowest BCUT2D eigenvalue weighted by atomic mass is 10.1. The molecule has 146 valence electrons. The van der Waals surface area contributed by atoms with Gasteiger partial charge in [0.15, 0.2) is 0 Å². The van der Waals surface area contributed by atoms with E-state index in [9.17, 15) is 26.3 Å². The van der Waals surface area contributed by atoms with E-state index in [-0.39, 0.29) is 18.1 Å². The van der Waals surface area contributed by atoms with Gasteiger partial charge in [0.1, 0.15) is 29.4 Å². The summed E-state index contributed by atoms with van der Waals surface area (Å²) in [7, 11) is 0. The minimum absolute atomic E-state index is 0.136. The van der Waals surface area contributed by atoms with E-state index in [1.165, 1.54) is 18.2 Å². The van der Waals surface area contributed by atoms with Gasteiger partial charge in [-0.2, -0.15) is 26.3 Å². The summed E-state index contributed by atoms with van der Waals surface area (Å²) in [5, 5.41) is 0. The molecule has 2 aromatic carbocycles. The number of ether oxygens (including phenoxy) is 2. The first kappa shape index (κ1) is 21.6. The fourth-order valence-electron chi connectivity index (χ4n) is 1.99. The Morgan fingerprint density at radius 2 is 1.56 bits per heavy atom. The van der Waals surface area contributed by atoms with Crippen LogP contribution < -0.4 is 9.47 Å². The molecule has 0 aliphatic rings. The molecule has 0 fully saturated rings. The number of hydrogen-bond donors (Lipinski definition) is 0. The summed E-state index contributed by atoms with van der Waals surface area (Å²) in [6, 6.07) is 6.74. The number of halogens is 8. The van der Waals surface area contributed by atoms with E-state index in [1.54, 1.807) is 0 Å². The van der Waals surface area contributed by atoms with Crippen molar-refractivity contribution in [2.45, 2.75) is 12.4 Å². The van der Waals surface area contributed by atoms with Crippen LogP contribution in [0, 0.1) is 0 Å². The molecule has 0 saturated heterocycles. The molecule has 10 heteroatoms. The first-order valence-electron chi connectivity index (χ1n) is 7.17. The summed E-state index contributed by atoms with van der Waals surface area (Å²) >= 11 is 6.10. The van der Waals surface area contributed by atoms with Crippen molar-refractivity contribution in [1.29, 1.82) is 0 Å². The van der Waals surface area contributed by atoms with Gasteiger partial charge in [0.05, 0.1) is 8.96 Å². The standard InChI is InChI=1S/C17H10Br2F6O2/c18-15(19)6-7-26-14-5-4-12(9-13(14)17(23,24)25)27-11-3-1-2-10(8-11)16(20,21)22/h1-6,8-9H,7H2. The van der Waals surface area contributed by atoms with Crippen LogP contribution in [0.4, 0.5) is 26.3 Å².